The minimum atomic E-state index is -0.278. The van der Waals surface area contributed by atoms with Gasteiger partial charge in [0.05, 0.1) is 26.9 Å². The van der Waals surface area contributed by atoms with Crippen molar-refractivity contribution in [3.63, 3.8) is 0 Å². The van der Waals surface area contributed by atoms with Crippen molar-refractivity contribution in [3.05, 3.63) is 66.2 Å². The number of oxazole rings is 1. The van der Waals surface area contributed by atoms with Crippen molar-refractivity contribution in [2.24, 2.45) is 0 Å². The van der Waals surface area contributed by atoms with Crippen molar-refractivity contribution < 1.29 is 23.4 Å². The fourth-order valence-corrected chi connectivity index (χ4v) is 3.12. The van der Waals surface area contributed by atoms with E-state index in [1.807, 2.05) is 24.3 Å². The van der Waals surface area contributed by atoms with Gasteiger partial charge < -0.3 is 23.9 Å². The Balaban J connectivity index is 1.60. The largest absolute Gasteiger partial charge is 0.496 e. The van der Waals surface area contributed by atoms with Crippen molar-refractivity contribution in [2.75, 3.05) is 26.6 Å². The van der Waals surface area contributed by atoms with Crippen LogP contribution < -0.4 is 19.5 Å². The number of nitrogens with one attached hydrogen (secondary N) is 1. The van der Waals surface area contributed by atoms with Crippen LogP contribution in [0.3, 0.4) is 0 Å². The normalized spacial score (nSPS) is 10.6. The average molecular weight is 404 g/mol. The van der Waals surface area contributed by atoms with E-state index in [1.54, 1.807) is 50.6 Å². The van der Waals surface area contributed by atoms with Crippen LogP contribution in [0.4, 0.5) is 5.69 Å². The smallest absolute Gasteiger partial charge is 0.255 e. The Labute approximate surface area is 173 Å². The zero-order valence-corrected chi connectivity index (χ0v) is 16.8. The highest BCUT2D eigenvalue weighted by Crippen LogP contribution is 2.32. The van der Waals surface area contributed by atoms with Gasteiger partial charge in [0.1, 0.15) is 11.3 Å². The molecule has 4 aromatic rings. The Hall–Kier alpha value is -4.00. The van der Waals surface area contributed by atoms with E-state index in [4.69, 9.17) is 18.6 Å². The van der Waals surface area contributed by atoms with E-state index in [1.165, 1.54) is 7.11 Å². The summed E-state index contributed by atoms with van der Waals surface area (Å²) in [6.45, 7) is 0. The van der Waals surface area contributed by atoms with E-state index in [2.05, 4.69) is 10.3 Å². The van der Waals surface area contributed by atoms with Crippen LogP contribution >= 0.6 is 0 Å². The topological polar surface area (TPSA) is 82.8 Å². The summed E-state index contributed by atoms with van der Waals surface area (Å²) in [7, 11) is 4.67. The van der Waals surface area contributed by atoms with Crippen LogP contribution in [0.5, 0.6) is 17.2 Å². The number of benzene rings is 3. The van der Waals surface area contributed by atoms with Gasteiger partial charge in [-0.05, 0) is 42.5 Å². The van der Waals surface area contributed by atoms with Gasteiger partial charge in [-0.3, -0.25) is 4.79 Å². The van der Waals surface area contributed by atoms with Crippen LogP contribution in [-0.2, 0) is 0 Å². The first-order valence-electron chi connectivity index (χ1n) is 9.20. The van der Waals surface area contributed by atoms with Crippen molar-refractivity contribution in [3.8, 4) is 28.7 Å². The summed E-state index contributed by atoms with van der Waals surface area (Å²) in [6, 6.07) is 17.8. The Bertz CT molecular complexity index is 1220. The fraction of sp³-hybridized carbons (Fsp3) is 0.130. The van der Waals surface area contributed by atoms with Gasteiger partial charge in [0, 0.05) is 17.3 Å². The molecule has 0 unspecified atom stereocenters. The van der Waals surface area contributed by atoms with Gasteiger partial charge in [-0.15, -0.1) is 0 Å². The monoisotopic (exact) mass is 404 g/mol. The lowest BCUT2D eigenvalue weighted by molar-refractivity contribution is 0.102. The summed E-state index contributed by atoms with van der Waals surface area (Å²) in [5, 5.41) is 2.86. The second kappa shape index (κ2) is 8.16. The Morgan fingerprint density at radius 2 is 1.63 bits per heavy atom. The third-order valence-corrected chi connectivity index (χ3v) is 4.63. The molecule has 30 heavy (non-hydrogen) atoms. The molecule has 0 radical (unpaired) electrons. The van der Waals surface area contributed by atoms with Crippen LogP contribution in [0.25, 0.3) is 22.6 Å². The summed E-state index contributed by atoms with van der Waals surface area (Å²) < 4.78 is 21.8. The predicted octanol–water partition coefficient (Wildman–Crippen LogP) is 4.77. The Morgan fingerprint density at radius 1 is 0.867 bits per heavy atom. The van der Waals surface area contributed by atoms with Gasteiger partial charge in [-0.2, -0.15) is 0 Å². The number of anilines is 1. The minimum Gasteiger partial charge on any atom is -0.496 e. The lowest BCUT2D eigenvalue weighted by atomic mass is 10.2. The maximum atomic E-state index is 12.7. The average Bonchev–Trinajstić information content (AvgIpc) is 3.21. The van der Waals surface area contributed by atoms with E-state index < -0.39 is 0 Å². The molecule has 0 spiro atoms. The van der Waals surface area contributed by atoms with E-state index in [-0.39, 0.29) is 5.91 Å². The number of hydrogen-bond acceptors (Lipinski definition) is 6. The summed E-state index contributed by atoms with van der Waals surface area (Å²) >= 11 is 0. The maximum absolute atomic E-state index is 12.7. The highest BCUT2D eigenvalue weighted by atomic mass is 16.5. The molecule has 0 saturated heterocycles. The van der Waals surface area contributed by atoms with E-state index in [0.717, 1.165) is 5.56 Å². The first kappa shape index (κ1) is 19.3. The van der Waals surface area contributed by atoms with Gasteiger partial charge in [-0.25, -0.2) is 4.98 Å². The number of hydrogen-bond donors (Lipinski definition) is 1. The molecule has 0 aliphatic carbocycles. The van der Waals surface area contributed by atoms with Crippen LogP contribution in [0, 0.1) is 0 Å². The molecule has 7 heteroatoms. The zero-order valence-electron chi connectivity index (χ0n) is 16.8. The minimum absolute atomic E-state index is 0.278. The molecular formula is C23H20N2O5. The summed E-state index contributed by atoms with van der Waals surface area (Å²) in [4.78, 5) is 17.2. The Morgan fingerprint density at radius 3 is 2.40 bits per heavy atom. The van der Waals surface area contributed by atoms with Crippen LogP contribution in [0.1, 0.15) is 10.4 Å². The molecule has 0 bridgehead atoms. The van der Waals surface area contributed by atoms with Crippen molar-refractivity contribution >= 4 is 22.7 Å². The van der Waals surface area contributed by atoms with Gasteiger partial charge >= 0.3 is 0 Å². The lowest BCUT2D eigenvalue weighted by Crippen LogP contribution is -2.12. The number of aromatic nitrogens is 1. The maximum Gasteiger partial charge on any atom is 0.255 e. The molecular weight excluding hydrogens is 384 g/mol. The van der Waals surface area contributed by atoms with Gasteiger partial charge in [0.2, 0.25) is 5.89 Å². The van der Waals surface area contributed by atoms with Gasteiger partial charge in [0.25, 0.3) is 5.91 Å². The number of fused-ring (bicyclic) bond motifs is 1. The summed E-state index contributed by atoms with van der Waals surface area (Å²) in [6.07, 6.45) is 0. The molecule has 0 saturated carbocycles. The number of para-hydroxylation sites is 1. The number of amides is 1. The van der Waals surface area contributed by atoms with Crippen LogP contribution in [0.15, 0.2) is 65.1 Å². The molecule has 0 fully saturated rings. The molecule has 0 aliphatic rings. The van der Waals surface area contributed by atoms with Crippen molar-refractivity contribution in [2.45, 2.75) is 0 Å². The number of nitrogens with zero attached hydrogens (tertiary/aromatic N) is 1. The molecule has 1 N–H and O–H groups in total. The van der Waals surface area contributed by atoms with Crippen LogP contribution in [-0.4, -0.2) is 32.2 Å². The second-order valence-corrected chi connectivity index (χ2v) is 6.43. The zero-order chi connectivity index (χ0) is 21.1. The predicted molar refractivity (Wildman–Crippen MR) is 113 cm³/mol. The van der Waals surface area contributed by atoms with Crippen LogP contribution in [0.2, 0.25) is 0 Å². The summed E-state index contributed by atoms with van der Waals surface area (Å²) in [5.74, 6) is 1.88. The molecule has 1 heterocycles. The highest BCUT2D eigenvalue weighted by Gasteiger charge is 2.15. The third kappa shape index (κ3) is 3.65. The molecule has 1 aromatic heterocycles. The molecule has 7 nitrogen and oxygen atoms in total. The fourth-order valence-electron chi connectivity index (χ4n) is 3.12. The quantitative estimate of drug-likeness (QED) is 0.498. The second-order valence-electron chi connectivity index (χ2n) is 6.43. The van der Waals surface area contributed by atoms with E-state index >= 15 is 0 Å². The SMILES string of the molecule is COc1ccc(C(=O)Nc2ccc3nc(-c4ccccc4OC)oc3c2)cc1OC. The number of carbonyl (C=O) groups is 1. The molecule has 4 rings (SSSR count). The van der Waals surface area contributed by atoms with E-state index in [9.17, 15) is 4.79 Å². The third-order valence-electron chi connectivity index (χ3n) is 4.63. The standard InChI is InChI=1S/C23H20N2O5/c1-27-18-7-5-4-6-16(18)23-25-17-10-9-15(13-20(17)30-23)24-22(26)14-8-11-19(28-2)21(12-14)29-3/h4-13H,1-3H3,(H,24,26). The first-order chi connectivity index (χ1) is 14.6. The number of methoxy groups -OCH3 is 3. The lowest BCUT2D eigenvalue weighted by Gasteiger charge is -2.10. The van der Waals surface area contributed by atoms with Gasteiger partial charge in [-0.1, -0.05) is 12.1 Å². The van der Waals surface area contributed by atoms with Gasteiger partial charge in [0.15, 0.2) is 17.1 Å². The van der Waals surface area contributed by atoms with Crippen molar-refractivity contribution in [1.82, 2.24) is 4.98 Å². The highest BCUT2D eigenvalue weighted by molar-refractivity contribution is 6.05. The number of ether oxygens (including phenoxy) is 3. The molecule has 0 atom stereocenters. The molecule has 1 amide bonds. The molecule has 0 aliphatic heterocycles. The summed E-state index contributed by atoms with van der Waals surface area (Å²) in [5.41, 5.74) is 3.03. The first-order valence-corrected chi connectivity index (χ1v) is 9.20. The molecule has 152 valence electrons. The molecule has 3 aromatic carbocycles. The number of rotatable bonds is 6. The number of carbonyl (C=O) groups excluding carboxylic acids is 1. The van der Waals surface area contributed by atoms with E-state index in [0.29, 0.717) is 45.5 Å². The Kier molecular flexibility index (Phi) is 5.26. The van der Waals surface area contributed by atoms with Crippen molar-refractivity contribution in [1.29, 1.82) is 0 Å².